The molecule has 108 valence electrons. The normalized spacial score (nSPS) is 25.7. The van der Waals surface area contributed by atoms with Crippen molar-refractivity contribution in [1.29, 1.82) is 0 Å². The van der Waals surface area contributed by atoms with Crippen LogP contribution in [-0.2, 0) is 0 Å². The SMILES string of the molecule is CN1CCC(CN(C)C(CO)C(N)C(C)(C)C)C1. The Balaban J connectivity index is 2.54. The molecule has 0 aromatic carbocycles. The van der Waals surface area contributed by atoms with Crippen molar-refractivity contribution in [3.05, 3.63) is 0 Å². The van der Waals surface area contributed by atoms with E-state index in [1.165, 1.54) is 13.0 Å². The van der Waals surface area contributed by atoms with Crippen molar-refractivity contribution in [2.24, 2.45) is 17.1 Å². The van der Waals surface area contributed by atoms with Crippen LogP contribution >= 0.6 is 0 Å². The number of aliphatic hydroxyl groups is 1. The van der Waals surface area contributed by atoms with Gasteiger partial charge in [-0.2, -0.15) is 0 Å². The topological polar surface area (TPSA) is 52.7 Å². The molecule has 1 rings (SSSR count). The molecule has 0 spiro atoms. The van der Waals surface area contributed by atoms with Crippen LogP contribution in [0.2, 0.25) is 0 Å². The predicted octanol–water partition coefficient (Wildman–Crippen LogP) is 0.604. The third kappa shape index (κ3) is 4.19. The van der Waals surface area contributed by atoms with Crippen LogP contribution in [0.25, 0.3) is 0 Å². The lowest BCUT2D eigenvalue weighted by Crippen LogP contribution is -2.55. The molecule has 3 unspecified atom stereocenters. The highest BCUT2D eigenvalue weighted by Crippen LogP contribution is 2.23. The fraction of sp³-hybridized carbons (Fsp3) is 1.00. The highest BCUT2D eigenvalue weighted by atomic mass is 16.3. The third-order valence-corrected chi connectivity index (χ3v) is 4.20. The van der Waals surface area contributed by atoms with E-state index in [2.05, 4.69) is 44.7 Å². The first kappa shape index (κ1) is 15.9. The molecule has 1 heterocycles. The highest BCUT2D eigenvalue weighted by Gasteiger charge is 2.32. The van der Waals surface area contributed by atoms with Crippen molar-refractivity contribution in [3.63, 3.8) is 0 Å². The summed E-state index contributed by atoms with van der Waals surface area (Å²) in [4.78, 5) is 4.62. The monoisotopic (exact) mass is 257 g/mol. The van der Waals surface area contributed by atoms with Gasteiger partial charge in [-0.1, -0.05) is 20.8 Å². The summed E-state index contributed by atoms with van der Waals surface area (Å²) in [5.74, 6) is 0.709. The number of hydrogen-bond donors (Lipinski definition) is 2. The summed E-state index contributed by atoms with van der Waals surface area (Å²) in [6, 6.07) is 0.0440. The Hall–Kier alpha value is -0.160. The summed E-state index contributed by atoms with van der Waals surface area (Å²) in [6.07, 6.45) is 1.25. The molecule has 4 nitrogen and oxygen atoms in total. The molecule has 0 aliphatic carbocycles. The van der Waals surface area contributed by atoms with Crippen LogP contribution < -0.4 is 5.73 Å². The summed E-state index contributed by atoms with van der Waals surface area (Å²) in [7, 11) is 4.26. The van der Waals surface area contributed by atoms with Gasteiger partial charge >= 0.3 is 0 Å². The lowest BCUT2D eigenvalue weighted by atomic mass is 9.82. The maximum atomic E-state index is 9.62. The zero-order valence-electron chi connectivity index (χ0n) is 12.7. The van der Waals surface area contributed by atoms with Gasteiger partial charge in [-0.05, 0) is 38.4 Å². The molecular weight excluding hydrogens is 226 g/mol. The van der Waals surface area contributed by atoms with Crippen molar-refractivity contribution in [1.82, 2.24) is 9.80 Å². The Bertz CT molecular complexity index is 252. The second-order valence-corrected chi connectivity index (χ2v) is 7.00. The van der Waals surface area contributed by atoms with Crippen LogP contribution in [0.1, 0.15) is 27.2 Å². The molecule has 0 aromatic rings. The fourth-order valence-electron chi connectivity index (χ4n) is 2.82. The number of aliphatic hydroxyl groups excluding tert-OH is 1. The number of nitrogens with zero attached hydrogens (tertiary/aromatic N) is 2. The Labute approximate surface area is 112 Å². The molecule has 1 saturated heterocycles. The first-order chi connectivity index (χ1) is 8.25. The summed E-state index contributed by atoms with van der Waals surface area (Å²) >= 11 is 0. The van der Waals surface area contributed by atoms with E-state index in [0.717, 1.165) is 13.1 Å². The van der Waals surface area contributed by atoms with Gasteiger partial charge in [0.25, 0.3) is 0 Å². The first-order valence-electron chi connectivity index (χ1n) is 7.01. The minimum Gasteiger partial charge on any atom is -0.395 e. The fourth-order valence-corrected chi connectivity index (χ4v) is 2.82. The van der Waals surface area contributed by atoms with E-state index in [-0.39, 0.29) is 24.1 Å². The number of hydrogen-bond acceptors (Lipinski definition) is 4. The summed E-state index contributed by atoms with van der Waals surface area (Å²) < 4.78 is 0. The predicted molar refractivity (Wildman–Crippen MR) is 76.5 cm³/mol. The molecule has 1 aliphatic rings. The Morgan fingerprint density at radius 3 is 2.44 bits per heavy atom. The lowest BCUT2D eigenvalue weighted by molar-refractivity contribution is 0.0790. The van der Waals surface area contributed by atoms with Gasteiger partial charge in [0, 0.05) is 25.2 Å². The molecule has 1 aliphatic heterocycles. The summed E-state index contributed by atoms with van der Waals surface area (Å²) in [6.45, 7) is 9.92. The van der Waals surface area contributed by atoms with E-state index in [1.54, 1.807) is 0 Å². The second-order valence-electron chi connectivity index (χ2n) is 7.00. The van der Waals surface area contributed by atoms with E-state index >= 15 is 0 Å². The van der Waals surface area contributed by atoms with Crippen LogP contribution in [0.4, 0.5) is 0 Å². The number of rotatable bonds is 5. The van der Waals surface area contributed by atoms with Crippen molar-refractivity contribution in [3.8, 4) is 0 Å². The number of likely N-dealkylation sites (tertiary alicyclic amines) is 1. The van der Waals surface area contributed by atoms with Gasteiger partial charge in [-0.25, -0.2) is 0 Å². The first-order valence-corrected chi connectivity index (χ1v) is 7.01. The molecular formula is C14H31N3O. The largest absolute Gasteiger partial charge is 0.395 e. The Morgan fingerprint density at radius 2 is 2.06 bits per heavy atom. The van der Waals surface area contributed by atoms with Crippen molar-refractivity contribution in [2.45, 2.75) is 39.3 Å². The standard InChI is InChI=1S/C14H31N3O/c1-14(2,3)13(15)12(10-18)17(5)9-11-6-7-16(4)8-11/h11-13,18H,6-10,15H2,1-5H3. The number of likely N-dealkylation sites (N-methyl/N-ethyl adjacent to an activating group) is 1. The maximum absolute atomic E-state index is 9.62. The second kappa shape index (κ2) is 6.33. The van der Waals surface area contributed by atoms with E-state index in [9.17, 15) is 5.11 Å². The number of nitrogens with two attached hydrogens (primary N) is 1. The lowest BCUT2D eigenvalue weighted by Gasteiger charge is -2.39. The minimum absolute atomic E-state index is 0.00775. The Morgan fingerprint density at radius 1 is 1.44 bits per heavy atom. The van der Waals surface area contributed by atoms with Crippen LogP contribution in [0, 0.1) is 11.3 Å². The molecule has 1 fully saturated rings. The molecule has 0 saturated carbocycles. The zero-order chi connectivity index (χ0) is 13.9. The molecule has 0 bridgehead atoms. The van der Waals surface area contributed by atoms with Gasteiger partial charge in [0.15, 0.2) is 0 Å². The smallest absolute Gasteiger partial charge is 0.0602 e. The van der Waals surface area contributed by atoms with Gasteiger partial charge in [0.05, 0.1) is 6.61 Å². The van der Waals surface area contributed by atoms with E-state index in [0.29, 0.717) is 5.92 Å². The van der Waals surface area contributed by atoms with Gasteiger partial charge in [-0.15, -0.1) is 0 Å². The molecule has 18 heavy (non-hydrogen) atoms. The zero-order valence-corrected chi connectivity index (χ0v) is 12.7. The van der Waals surface area contributed by atoms with Gasteiger partial charge in [-0.3, -0.25) is 4.90 Å². The van der Waals surface area contributed by atoms with E-state index < -0.39 is 0 Å². The van der Waals surface area contributed by atoms with E-state index in [1.807, 2.05) is 0 Å². The van der Waals surface area contributed by atoms with Crippen LogP contribution in [0.15, 0.2) is 0 Å². The molecule has 0 radical (unpaired) electrons. The Kier molecular flexibility index (Phi) is 5.59. The maximum Gasteiger partial charge on any atom is 0.0602 e. The minimum atomic E-state index is -0.00775. The average Bonchev–Trinajstić information content (AvgIpc) is 2.63. The molecule has 4 heteroatoms. The summed E-state index contributed by atoms with van der Waals surface area (Å²) in [5, 5.41) is 9.62. The van der Waals surface area contributed by atoms with Crippen LogP contribution in [-0.4, -0.2) is 67.3 Å². The highest BCUT2D eigenvalue weighted by molar-refractivity contribution is 4.90. The molecule has 0 amide bonds. The quantitative estimate of drug-likeness (QED) is 0.757. The van der Waals surface area contributed by atoms with Gasteiger partial charge in [0.1, 0.15) is 0 Å². The third-order valence-electron chi connectivity index (χ3n) is 4.20. The summed E-state index contributed by atoms with van der Waals surface area (Å²) in [5.41, 5.74) is 6.32. The van der Waals surface area contributed by atoms with Crippen molar-refractivity contribution in [2.75, 3.05) is 40.3 Å². The van der Waals surface area contributed by atoms with E-state index in [4.69, 9.17) is 5.73 Å². The van der Waals surface area contributed by atoms with Crippen molar-refractivity contribution < 1.29 is 5.11 Å². The molecule has 0 aromatic heterocycles. The molecule has 3 atom stereocenters. The molecule has 3 N–H and O–H groups in total. The average molecular weight is 257 g/mol. The van der Waals surface area contributed by atoms with Gasteiger partial charge < -0.3 is 15.7 Å². The van der Waals surface area contributed by atoms with Crippen LogP contribution in [0.3, 0.4) is 0 Å². The van der Waals surface area contributed by atoms with Crippen molar-refractivity contribution >= 4 is 0 Å². The van der Waals surface area contributed by atoms with Gasteiger partial charge in [0.2, 0.25) is 0 Å². The van der Waals surface area contributed by atoms with Crippen LogP contribution in [0.5, 0.6) is 0 Å².